The first-order valence-corrected chi connectivity index (χ1v) is 3.03. The van der Waals surface area contributed by atoms with E-state index in [1.807, 2.05) is 0 Å². The first-order valence-electron chi connectivity index (χ1n) is 3.73. The molecule has 3 heteroatoms. The topological polar surface area (TPSA) is 28.7 Å². The summed E-state index contributed by atoms with van der Waals surface area (Å²) < 4.78 is 22.7. The van der Waals surface area contributed by atoms with Gasteiger partial charge in [-0.25, -0.2) is 0 Å². The number of aromatic nitrogens is 1. The van der Waals surface area contributed by atoms with E-state index in [4.69, 9.17) is 9.37 Å². The zero-order valence-electron chi connectivity index (χ0n) is 7.43. The van der Waals surface area contributed by atoms with E-state index >= 15 is 0 Å². The van der Waals surface area contributed by atoms with Crippen molar-refractivity contribution < 1.29 is 4.11 Å². The molecule has 1 aromatic rings. The Hall–Kier alpha value is -0.750. The van der Waals surface area contributed by atoms with E-state index < -0.39 is 6.98 Å². The number of hydrogen-bond acceptors (Lipinski definition) is 1. The van der Waals surface area contributed by atoms with E-state index in [9.17, 15) is 0 Å². The van der Waals surface area contributed by atoms with Crippen molar-refractivity contribution in [3.8, 4) is 6.07 Å². The molecule has 0 atom stereocenters. The summed E-state index contributed by atoms with van der Waals surface area (Å²) in [5, 5.41) is 8.55. The van der Waals surface area contributed by atoms with Gasteiger partial charge < -0.3 is 4.57 Å². The summed E-state index contributed by atoms with van der Waals surface area (Å²) in [6.07, 6.45) is 1.37. The lowest BCUT2D eigenvalue weighted by Crippen LogP contribution is -1.86. The second-order valence-corrected chi connectivity index (χ2v) is 2.44. The van der Waals surface area contributed by atoms with Gasteiger partial charge in [0.2, 0.25) is 0 Å². The van der Waals surface area contributed by atoms with Crippen molar-refractivity contribution in [2.75, 3.05) is 0 Å². The van der Waals surface area contributed by atoms with Gasteiger partial charge in [0.1, 0.15) is 11.8 Å². The summed E-state index contributed by atoms with van der Waals surface area (Å²) >= 11 is 3.09. The lowest BCUT2D eigenvalue weighted by molar-refractivity contribution is 0.907. The maximum Gasteiger partial charge on any atom is 0.121 e. The van der Waals surface area contributed by atoms with Crippen molar-refractivity contribution in [1.29, 1.82) is 5.26 Å². The van der Waals surface area contributed by atoms with Gasteiger partial charge >= 0.3 is 0 Å². The molecule has 1 rings (SSSR count). The second kappa shape index (κ2) is 2.24. The molecular formula is C6H5BrN2. The van der Waals surface area contributed by atoms with Crippen LogP contribution in [0.25, 0.3) is 0 Å². The Morgan fingerprint density at radius 1 is 2.00 bits per heavy atom. The van der Waals surface area contributed by atoms with Crippen LogP contribution < -0.4 is 0 Å². The molecule has 0 saturated heterocycles. The quantitative estimate of drug-likeness (QED) is 0.608. The van der Waals surface area contributed by atoms with E-state index in [-0.39, 0.29) is 5.69 Å². The summed E-state index contributed by atoms with van der Waals surface area (Å²) in [6, 6.07) is 3.26. The number of halogens is 1. The van der Waals surface area contributed by atoms with Crippen LogP contribution in [0.2, 0.25) is 0 Å². The fourth-order valence-electron chi connectivity index (χ4n) is 0.516. The third-order valence-electron chi connectivity index (χ3n) is 0.901. The molecule has 0 bridgehead atoms. The number of rotatable bonds is 0. The predicted octanol–water partition coefficient (Wildman–Crippen LogP) is 1.66. The summed E-state index contributed by atoms with van der Waals surface area (Å²) in [5.74, 6) is 0. The SMILES string of the molecule is [2H]C([2H])([2H])n1cc(Br)cc1C#N. The normalized spacial score (nSPS) is 15.3. The van der Waals surface area contributed by atoms with Gasteiger partial charge in [0.25, 0.3) is 0 Å². The van der Waals surface area contributed by atoms with E-state index in [1.54, 1.807) is 6.07 Å². The highest BCUT2D eigenvalue weighted by Crippen LogP contribution is 2.11. The zero-order chi connectivity index (χ0) is 9.35. The second-order valence-electron chi connectivity index (χ2n) is 1.53. The van der Waals surface area contributed by atoms with Crippen LogP contribution in [-0.4, -0.2) is 4.57 Å². The molecule has 1 heterocycles. The molecule has 2 nitrogen and oxygen atoms in total. The van der Waals surface area contributed by atoms with Gasteiger partial charge in [-0.2, -0.15) is 5.26 Å². The first kappa shape index (κ1) is 3.43. The fourth-order valence-corrected chi connectivity index (χ4v) is 0.938. The van der Waals surface area contributed by atoms with Gasteiger partial charge in [0, 0.05) is 21.8 Å². The van der Waals surface area contributed by atoms with Gasteiger partial charge in [-0.1, -0.05) is 0 Å². The third kappa shape index (κ3) is 1.14. The van der Waals surface area contributed by atoms with Crippen LogP contribution in [0, 0.1) is 11.3 Å². The molecule has 0 amide bonds. The molecule has 9 heavy (non-hydrogen) atoms. The molecule has 0 spiro atoms. The summed E-state index contributed by atoms with van der Waals surface area (Å²) in [4.78, 5) is 0. The standard InChI is InChI=1S/C6H5BrN2/c1-9-4-5(7)2-6(9)3-8/h2,4H,1H3/i1D3. The highest BCUT2D eigenvalue weighted by Gasteiger charge is 1.96. The van der Waals surface area contributed by atoms with Crippen molar-refractivity contribution >= 4 is 15.9 Å². The first-order chi connectivity index (χ1) is 5.45. The maximum absolute atomic E-state index is 8.55. The molecule has 0 N–H and O–H groups in total. The molecule has 1 aromatic heterocycles. The van der Waals surface area contributed by atoms with Crippen molar-refractivity contribution in [3.05, 3.63) is 22.4 Å². The Bertz CT molecular complexity index is 334. The average Bonchev–Trinajstić information content (AvgIpc) is 2.29. The third-order valence-corrected chi connectivity index (χ3v) is 1.33. The number of nitrogens with zero attached hydrogens (tertiary/aromatic N) is 2. The van der Waals surface area contributed by atoms with Crippen LogP contribution in [0.1, 0.15) is 9.81 Å². The Labute approximate surface area is 66.1 Å². The Kier molecular flexibility index (Phi) is 0.852. The van der Waals surface area contributed by atoms with Crippen molar-refractivity contribution in [3.63, 3.8) is 0 Å². The molecule has 0 aliphatic heterocycles. The number of hydrogen-bond donors (Lipinski definition) is 0. The molecule has 46 valence electrons. The molecule has 0 saturated carbocycles. The Morgan fingerprint density at radius 2 is 2.78 bits per heavy atom. The van der Waals surface area contributed by atoms with Gasteiger partial charge in [0.15, 0.2) is 0 Å². The van der Waals surface area contributed by atoms with Crippen molar-refractivity contribution in [2.24, 2.45) is 6.98 Å². The number of nitriles is 1. The highest BCUT2D eigenvalue weighted by atomic mass is 79.9. The van der Waals surface area contributed by atoms with Crippen LogP contribution in [0.5, 0.6) is 0 Å². The Balaban J connectivity index is 3.25. The van der Waals surface area contributed by atoms with Crippen molar-refractivity contribution in [1.82, 2.24) is 4.57 Å². The van der Waals surface area contributed by atoms with Crippen LogP contribution in [-0.2, 0) is 6.98 Å². The minimum atomic E-state index is -2.28. The van der Waals surface area contributed by atoms with E-state index in [0.29, 0.717) is 4.47 Å². The largest absolute Gasteiger partial charge is 0.341 e. The van der Waals surface area contributed by atoms with Crippen LogP contribution in [0.15, 0.2) is 16.7 Å². The monoisotopic (exact) mass is 187 g/mol. The average molecular weight is 188 g/mol. The van der Waals surface area contributed by atoms with E-state index in [1.165, 1.54) is 12.3 Å². The lowest BCUT2D eigenvalue weighted by Gasteiger charge is -1.86. The Morgan fingerprint density at radius 3 is 3.22 bits per heavy atom. The highest BCUT2D eigenvalue weighted by molar-refractivity contribution is 9.10. The zero-order valence-corrected chi connectivity index (χ0v) is 6.01. The van der Waals surface area contributed by atoms with Crippen LogP contribution in [0.3, 0.4) is 0 Å². The minimum Gasteiger partial charge on any atom is -0.341 e. The minimum absolute atomic E-state index is 0.127. The number of aryl methyl sites for hydroxylation is 1. The summed E-state index contributed by atoms with van der Waals surface area (Å²) in [6.45, 7) is -2.28. The van der Waals surface area contributed by atoms with Crippen LogP contribution >= 0.6 is 15.9 Å². The van der Waals surface area contributed by atoms with E-state index in [0.717, 1.165) is 4.57 Å². The molecule has 0 aliphatic rings. The molecular weight excluding hydrogens is 180 g/mol. The predicted molar refractivity (Wildman–Crippen MR) is 37.8 cm³/mol. The maximum atomic E-state index is 8.55. The van der Waals surface area contributed by atoms with E-state index in [2.05, 4.69) is 15.9 Å². The van der Waals surface area contributed by atoms with Crippen molar-refractivity contribution in [2.45, 2.75) is 0 Å². The van der Waals surface area contributed by atoms with Gasteiger partial charge in [-0.05, 0) is 22.0 Å². The van der Waals surface area contributed by atoms with Gasteiger partial charge in [-0.3, -0.25) is 0 Å². The summed E-state index contributed by atoms with van der Waals surface area (Å²) in [7, 11) is 0. The smallest absolute Gasteiger partial charge is 0.121 e. The molecule has 0 unspecified atom stereocenters. The summed E-state index contributed by atoms with van der Waals surface area (Å²) in [5.41, 5.74) is 0.127. The fraction of sp³-hybridized carbons (Fsp3) is 0.167. The lowest BCUT2D eigenvalue weighted by atomic mass is 10.5. The van der Waals surface area contributed by atoms with Gasteiger partial charge in [-0.15, -0.1) is 0 Å². The molecule has 0 fully saturated rings. The van der Waals surface area contributed by atoms with Gasteiger partial charge in [0.05, 0.1) is 0 Å². The molecule has 0 radical (unpaired) electrons. The molecule has 0 aliphatic carbocycles. The molecule has 0 aromatic carbocycles. The van der Waals surface area contributed by atoms with Crippen LogP contribution in [0.4, 0.5) is 0 Å².